The molecule has 0 aliphatic heterocycles. The van der Waals surface area contributed by atoms with Crippen LogP contribution < -0.4 is 0 Å². The smallest absolute Gasteiger partial charge is 0.0542 e. The molecule has 0 unspecified atom stereocenters. The molecule has 0 saturated carbocycles. The Morgan fingerprint density at radius 3 is 1.62 bits per heavy atom. The number of aryl methyl sites for hydroxylation is 1. The van der Waals surface area contributed by atoms with E-state index in [4.69, 9.17) is 0 Å². The number of hydrogen-bond acceptors (Lipinski definition) is 0. The van der Waals surface area contributed by atoms with Crippen LogP contribution in [0.3, 0.4) is 0 Å². The van der Waals surface area contributed by atoms with Crippen molar-refractivity contribution in [2.75, 3.05) is 0 Å². The Morgan fingerprint density at radius 2 is 0.897 bits per heavy atom. The molecule has 8 rings (SSSR count). The van der Waals surface area contributed by atoms with Crippen LogP contribution in [0.25, 0.3) is 66.1 Å². The third-order valence-electron chi connectivity index (χ3n) is 7.95. The molecule has 6 aromatic carbocycles. The van der Waals surface area contributed by atoms with Crippen LogP contribution in [0.2, 0.25) is 0 Å². The van der Waals surface area contributed by atoms with Gasteiger partial charge in [0.05, 0.1) is 22.1 Å². The van der Waals surface area contributed by atoms with Gasteiger partial charge in [-0.15, -0.1) is 0 Å². The molecule has 2 nitrogen and oxygen atoms in total. The third-order valence-corrected chi connectivity index (χ3v) is 7.95. The van der Waals surface area contributed by atoms with E-state index in [1.54, 1.807) is 0 Å². The summed E-state index contributed by atoms with van der Waals surface area (Å²) in [6.45, 7) is 2.17. The molecular weight excluding hydrogens is 472 g/mol. The van der Waals surface area contributed by atoms with Gasteiger partial charge in [-0.25, -0.2) is 0 Å². The lowest BCUT2D eigenvalue weighted by Crippen LogP contribution is -1.96. The van der Waals surface area contributed by atoms with E-state index in [2.05, 4.69) is 156 Å². The molecule has 0 saturated heterocycles. The van der Waals surface area contributed by atoms with Crippen molar-refractivity contribution in [2.24, 2.45) is 0 Å². The molecule has 2 aromatic heterocycles. The van der Waals surface area contributed by atoms with Crippen LogP contribution in [-0.4, -0.2) is 9.13 Å². The van der Waals surface area contributed by atoms with Gasteiger partial charge in [0.15, 0.2) is 0 Å². The molecule has 2 heteroatoms. The number of nitrogens with zero attached hydrogens (tertiary/aromatic N) is 2. The Bertz CT molecular complexity index is 2180. The van der Waals surface area contributed by atoms with Crippen molar-refractivity contribution >= 4 is 43.6 Å². The monoisotopic (exact) mass is 498 g/mol. The summed E-state index contributed by atoms with van der Waals surface area (Å²) in [4.78, 5) is 0. The van der Waals surface area contributed by atoms with Crippen molar-refractivity contribution in [1.29, 1.82) is 0 Å². The molecule has 39 heavy (non-hydrogen) atoms. The van der Waals surface area contributed by atoms with Gasteiger partial charge in [-0.2, -0.15) is 0 Å². The highest BCUT2D eigenvalue weighted by molar-refractivity contribution is 6.12. The Balaban J connectivity index is 1.40. The number of aromatic nitrogens is 2. The first kappa shape index (κ1) is 22.0. The summed E-state index contributed by atoms with van der Waals surface area (Å²) in [6.07, 6.45) is 0. The first-order valence-corrected chi connectivity index (χ1v) is 13.5. The van der Waals surface area contributed by atoms with E-state index in [1.807, 2.05) is 0 Å². The van der Waals surface area contributed by atoms with Crippen LogP contribution in [-0.2, 0) is 0 Å². The van der Waals surface area contributed by atoms with Gasteiger partial charge in [-0.1, -0.05) is 90.5 Å². The zero-order valence-corrected chi connectivity index (χ0v) is 21.7. The van der Waals surface area contributed by atoms with Crippen molar-refractivity contribution in [3.63, 3.8) is 0 Å². The molecule has 0 spiro atoms. The van der Waals surface area contributed by atoms with Crippen LogP contribution in [0.4, 0.5) is 0 Å². The van der Waals surface area contributed by atoms with E-state index in [9.17, 15) is 0 Å². The maximum Gasteiger partial charge on any atom is 0.0542 e. The second-order valence-corrected chi connectivity index (χ2v) is 10.3. The SMILES string of the molecule is Cc1ccc2c(c1)c1ccccc1n2-c1ccc2c(c1)c1ccccc1n2-c1cccc(-c2ccccc2)c1. The van der Waals surface area contributed by atoms with Crippen LogP contribution in [0.15, 0.2) is 140 Å². The highest BCUT2D eigenvalue weighted by atomic mass is 15.0. The number of benzene rings is 6. The molecule has 0 aliphatic carbocycles. The van der Waals surface area contributed by atoms with Gasteiger partial charge < -0.3 is 9.13 Å². The first-order valence-electron chi connectivity index (χ1n) is 13.5. The molecule has 2 heterocycles. The maximum absolute atomic E-state index is 2.41. The predicted molar refractivity (Wildman–Crippen MR) is 165 cm³/mol. The molecule has 0 aliphatic rings. The molecule has 0 bridgehead atoms. The second kappa shape index (κ2) is 8.47. The summed E-state index contributed by atoms with van der Waals surface area (Å²) in [5.41, 5.74) is 11.0. The third kappa shape index (κ3) is 3.35. The van der Waals surface area contributed by atoms with E-state index in [1.165, 1.54) is 71.7 Å². The van der Waals surface area contributed by atoms with Gasteiger partial charge >= 0.3 is 0 Å². The van der Waals surface area contributed by atoms with Gasteiger partial charge in [-0.3, -0.25) is 0 Å². The quantitative estimate of drug-likeness (QED) is 0.229. The molecule has 184 valence electrons. The topological polar surface area (TPSA) is 9.86 Å². The van der Waals surface area contributed by atoms with Crippen LogP contribution in [0, 0.1) is 6.92 Å². The lowest BCUT2D eigenvalue weighted by atomic mass is 10.1. The summed E-state index contributed by atoms with van der Waals surface area (Å²) in [6, 6.07) is 50.6. The van der Waals surface area contributed by atoms with E-state index >= 15 is 0 Å². The summed E-state index contributed by atoms with van der Waals surface area (Å²) in [5.74, 6) is 0. The number of rotatable bonds is 3. The average molecular weight is 499 g/mol. The first-order chi connectivity index (χ1) is 19.3. The van der Waals surface area contributed by atoms with E-state index in [-0.39, 0.29) is 0 Å². The molecular formula is C37H26N2. The molecule has 0 atom stereocenters. The number of para-hydroxylation sites is 2. The normalized spacial score (nSPS) is 11.7. The summed E-state index contributed by atoms with van der Waals surface area (Å²) in [5, 5.41) is 5.10. The van der Waals surface area contributed by atoms with E-state index in [0.717, 1.165) is 0 Å². The van der Waals surface area contributed by atoms with Crippen molar-refractivity contribution in [2.45, 2.75) is 6.92 Å². The minimum absolute atomic E-state index is 1.17. The molecule has 0 fully saturated rings. The fourth-order valence-corrected chi connectivity index (χ4v) is 6.20. The zero-order valence-electron chi connectivity index (χ0n) is 21.7. The van der Waals surface area contributed by atoms with Crippen molar-refractivity contribution < 1.29 is 0 Å². The highest BCUT2D eigenvalue weighted by Gasteiger charge is 2.16. The molecule has 8 aromatic rings. The van der Waals surface area contributed by atoms with Crippen molar-refractivity contribution in [1.82, 2.24) is 9.13 Å². The molecule has 0 radical (unpaired) electrons. The second-order valence-electron chi connectivity index (χ2n) is 10.3. The minimum atomic E-state index is 1.17. The van der Waals surface area contributed by atoms with Gasteiger partial charge in [0, 0.05) is 32.9 Å². The van der Waals surface area contributed by atoms with Gasteiger partial charge in [0.1, 0.15) is 0 Å². The lowest BCUT2D eigenvalue weighted by molar-refractivity contribution is 1.16. The molecule has 0 N–H and O–H groups in total. The number of hydrogen-bond donors (Lipinski definition) is 0. The zero-order chi connectivity index (χ0) is 25.9. The summed E-state index contributed by atoms with van der Waals surface area (Å²) in [7, 11) is 0. The van der Waals surface area contributed by atoms with Crippen LogP contribution in [0.5, 0.6) is 0 Å². The predicted octanol–water partition coefficient (Wildman–Crippen LogP) is 9.86. The Kier molecular flexibility index (Phi) is 4.77. The van der Waals surface area contributed by atoms with E-state index in [0.29, 0.717) is 0 Å². The standard InChI is InChI=1S/C37H26N2/c1-25-18-20-36-32(22-25)30-14-5-7-16-34(30)39(36)29-19-21-37-33(24-29)31-15-6-8-17-35(31)38(37)28-13-9-12-27(23-28)26-10-3-2-4-11-26/h2-24H,1H3. The highest BCUT2D eigenvalue weighted by Crippen LogP contribution is 2.37. The lowest BCUT2D eigenvalue weighted by Gasteiger charge is -2.11. The Hall–Kier alpha value is -5.08. The van der Waals surface area contributed by atoms with Gasteiger partial charge in [-0.05, 0) is 72.6 Å². The largest absolute Gasteiger partial charge is 0.309 e. The molecule has 0 amide bonds. The Labute approximate surface area is 227 Å². The maximum atomic E-state index is 2.41. The summed E-state index contributed by atoms with van der Waals surface area (Å²) < 4.78 is 4.81. The van der Waals surface area contributed by atoms with Crippen LogP contribution in [0.1, 0.15) is 5.56 Å². The van der Waals surface area contributed by atoms with Crippen LogP contribution >= 0.6 is 0 Å². The van der Waals surface area contributed by atoms with Gasteiger partial charge in [0.2, 0.25) is 0 Å². The average Bonchev–Trinajstić information content (AvgIpc) is 3.50. The number of fused-ring (bicyclic) bond motifs is 6. The Morgan fingerprint density at radius 1 is 0.359 bits per heavy atom. The fourth-order valence-electron chi connectivity index (χ4n) is 6.20. The summed E-state index contributed by atoms with van der Waals surface area (Å²) >= 11 is 0. The van der Waals surface area contributed by atoms with Gasteiger partial charge in [0.25, 0.3) is 0 Å². The van der Waals surface area contributed by atoms with E-state index < -0.39 is 0 Å². The minimum Gasteiger partial charge on any atom is -0.309 e. The van der Waals surface area contributed by atoms with Crippen molar-refractivity contribution in [3.05, 3.63) is 145 Å². The van der Waals surface area contributed by atoms with Crippen molar-refractivity contribution in [3.8, 4) is 22.5 Å². The fraction of sp³-hybridized carbons (Fsp3) is 0.0270.